The molecule has 4 aromatic rings. The number of carbonyl (C=O) groups is 2. The average Bonchev–Trinajstić information content (AvgIpc) is 3.75. The number of fused-ring (bicyclic) bond motifs is 1. The van der Waals surface area contributed by atoms with Crippen molar-refractivity contribution >= 4 is 34.1 Å². The van der Waals surface area contributed by atoms with E-state index in [0.29, 0.717) is 39.6 Å². The van der Waals surface area contributed by atoms with Crippen molar-refractivity contribution in [3.63, 3.8) is 0 Å². The molecule has 1 N–H and O–H groups in total. The van der Waals surface area contributed by atoms with Gasteiger partial charge in [0.05, 0.1) is 19.7 Å². The maximum Gasteiger partial charge on any atom is 0.240 e. The molecule has 38 heavy (non-hydrogen) atoms. The van der Waals surface area contributed by atoms with Gasteiger partial charge in [0.1, 0.15) is 22.7 Å². The van der Waals surface area contributed by atoms with Crippen LogP contribution in [0.4, 0.5) is 15.8 Å². The summed E-state index contributed by atoms with van der Waals surface area (Å²) in [6, 6.07) is 16.4. The number of anilines is 2. The lowest BCUT2D eigenvalue weighted by molar-refractivity contribution is -0.132. The van der Waals surface area contributed by atoms with E-state index in [1.165, 1.54) is 43.5 Å². The van der Waals surface area contributed by atoms with Crippen molar-refractivity contribution in [1.29, 1.82) is 0 Å². The Labute approximate surface area is 217 Å². The Bertz CT molecular complexity index is 1500. The summed E-state index contributed by atoms with van der Waals surface area (Å²) < 4.78 is 29.9. The van der Waals surface area contributed by atoms with Crippen molar-refractivity contribution in [1.82, 2.24) is 4.98 Å². The molecule has 0 spiro atoms. The van der Waals surface area contributed by atoms with Crippen LogP contribution in [0.2, 0.25) is 0 Å². The molecule has 1 aromatic heterocycles. The third kappa shape index (κ3) is 4.69. The summed E-state index contributed by atoms with van der Waals surface area (Å²) in [6.45, 7) is 0. The molecule has 2 amide bonds. The number of aromatic nitrogens is 1. The van der Waals surface area contributed by atoms with Gasteiger partial charge in [-0.1, -0.05) is 0 Å². The molecule has 0 saturated heterocycles. The number of methoxy groups -OCH3 is 2. The third-order valence-corrected chi connectivity index (χ3v) is 6.39. The van der Waals surface area contributed by atoms with E-state index in [0.717, 1.165) is 0 Å². The highest BCUT2D eigenvalue weighted by molar-refractivity contribution is 6.17. The molecule has 1 heterocycles. The van der Waals surface area contributed by atoms with Crippen LogP contribution in [0.5, 0.6) is 23.0 Å². The highest BCUT2D eigenvalue weighted by Gasteiger charge is 2.57. The molecule has 0 bridgehead atoms. The van der Waals surface area contributed by atoms with E-state index < -0.39 is 23.0 Å². The average molecular weight is 517 g/mol. The molecule has 1 fully saturated rings. The summed E-state index contributed by atoms with van der Waals surface area (Å²) in [4.78, 5) is 30.1. The number of halogens is 1. The van der Waals surface area contributed by atoms with Crippen molar-refractivity contribution in [2.75, 3.05) is 24.6 Å². The fourth-order valence-electron chi connectivity index (χ4n) is 4.07. The first-order chi connectivity index (χ1) is 18.3. The number of amides is 2. The van der Waals surface area contributed by atoms with Crippen molar-refractivity contribution in [3.8, 4) is 23.0 Å². The summed E-state index contributed by atoms with van der Waals surface area (Å²) in [5, 5.41) is 16.4. The summed E-state index contributed by atoms with van der Waals surface area (Å²) in [5.74, 6) is 0.0920. The molecule has 5 rings (SSSR count). The van der Waals surface area contributed by atoms with Crippen LogP contribution in [0.3, 0.4) is 0 Å². The predicted octanol–water partition coefficient (Wildman–Crippen LogP) is 5.43. The first kappa shape index (κ1) is 25.0. The summed E-state index contributed by atoms with van der Waals surface area (Å²) >= 11 is 0. The monoisotopic (exact) mass is 516 g/mol. The number of carbonyl (C=O) groups excluding carboxylic acids is 2. The smallest absolute Gasteiger partial charge is 0.240 e. The Morgan fingerprint density at radius 2 is 1.61 bits per heavy atom. The molecule has 0 aliphatic heterocycles. The highest BCUT2D eigenvalue weighted by atomic mass is 19.1. The molecule has 0 unspecified atom stereocenters. The van der Waals surface area contributed by atoms with Crippen molar-refractivity contribution in [2.45, 2.75) is 12.8 Å². The number of pyridine rings is 1. The summed E-state index contributed by atoms with van der Waals surface area (Å²) in [6.07, 6.45) is 2.10. The van der Waals surface area contributed by atoms with E-state index in [9.17, 15) is 19.2 Å². The zero-order valence-corrected chi connectivity index (χ0v) is 20.6. The van der Waals surface area contributed by atoms with Gasteiger partial charge in [-0.05, 0) is 73.5 Å². The number of ether oxygens (including phenoxy) is 3. The van der Waals surface area contributed by atoms with Gasteiger partial charge in [0.2, 0.25) is 11.8 Å². The van der Waals surface area contributed by atoms with Gasteiger partial charge in [0.25, 0.3) is 0 Å². The van der Waals surface area contributed by atoms with Crippen LogP contribution in [-0.2, 0) is 9.59 Å². The minimum absolute atomic E-state index is 0.0641. The van der Waals surface area contributed by atoms with Crippen LogP contribution in [0.15, 0.2) is 72.9 Å². The van der Waals surface area contributed by atoms with Gasteiger partial charge < -0.3 is 29.8 Å². The zero-order valence-electron chi connectivity index (χ0n) is 20.6. The maximum absolute atomic E-state index is 13.1. The molecular weight excluding hydrogens is 493 g/mol. The van der Waals surface area contributed by atoms with Crippen LogP contribution in [0.25, 0.3) is 10.9 Å². The Morgan fingerprint density at radius 1 is 0.947 bits per heavy atom. The highest BCUT2D eigenvalue weighted by Crippen LogP contribution is 2.49. The standard InChI is InChI=1S/C28H23FN3O6/c1-36-24-15-21-22(16-25(24)37-2)30-14-11-23(21)38-20-9-7-19(8-10-20)32(35)27(34)28(12-13-28)26(33)31-18-5-3-17(29)4-6-18/h3-11,14-16H,12-13H2,1-2H3,(H,31,33)/q-1. The van der Waals surface area contributed by atoms with E-state index in [2.05, 4.69) is 10.3 Å². The first-order valence-electron chi connectivity index (χ1n) is 11.7. The Morgan fingerprint density at radius 3 is 2.24 bits per heavy atom. The number of rotatable bonds is 8. The quantitative estimate of drug-likeness (QED) is 0.245. The van der Waals surface area contributed by atoms with Gasteiger partial charge in [-0.15, -0.1) is 0 Å². The fourth-order valence-corrected chi connectivity index (χ4v) is 4.07. The maximum atomic E-state index is 13.1. The zero-order chi connectivity index (χ0) is 26.9. The minimum Gasteiger partial charge on any atom is -0.752 e. The van der Waals surface area contributed by atoms with E-state index in [1.807, 2.05) is 0 Å². The first-order valence-corrected chi connectivity index (χ1v) is 11.7. The number of hydroxylamine groups is 1. The molecular formula is C28H23FN3O6-. The normalized spacial score (nSPS) is 13.5. The SMILES string of the molecule is COc1cc2nccc(Oc3ccc(N([O-])C(=O)C4(C(=O)Nc5ccc(F)cc5)CC4)cc3)c2cc1OC. The number of hydrogen-bond donors (Lipinski definition) is 1. The van der Waals surface area contributed by atoms with Crippen molar-refractivity contribution in [3.05, 3.63) is 84.0 Å². The third-order valence-electron chi connectivity index (χ3n) is 6.39. The van der Waals surface area contributed by atoms with Crippen LogP contribution in [-0.4, -0.2) is 31.0 Å². The Hall–Kier alpha value is -4.70. The summed E-state index contributed by atoms with van der Waals surface area (Å²) in [7, 11) is 3.08. The van der Waals surface area contributed by atoms with Gasteiger partial charge in [-0.25, -0.2) is 4.39 Å². The lowest BCUT2D eigenvalue weighted by Gasteiger charge is -2.32. The second-order valence-electron chi connectivity index (χ2n) is 8.77. The largest absolute Gasteiger partial charge is 0.752 e. The van der Waals surface area contributed by atoms with Crippen LogP contribution < -0.4 is 24.6 Å². The lowest BCUT2D eigenvalue weighted by atomic mass is 10.0. The Balaban J connectivity index is 1.31. The fraction of sp³-hybridized carbons (Fsp3) is 0.179. The second-order valence-corrected chi connectivity index (χ2v) is 8.77. The number of benzene rings is 3. The van der Waals surface area contributed by atoms with E-state index >= 15 is 0 Å². The molecule has 3 aromatic carbocycles. The van der Waals surface area contributed by atoms with E-state index in [4.69, 9.17) is 14.2 Å². The van der Waals surface area contributed by atoms with Gasteiger partial charge in [-0.3, -0.25) is 14.6 Å². The van der Waals surface area contributed by atoms with E-state index in [-0.39, 0.29) is 23.6 Å². The molecule has 1 aliphatic rings. The molecule has 0 atom stereocenters. The van der Waals surface area contributed by atoms with E-state index in [1.54, 1.807) is 43.6 Å². The second kappa shape index (κ2) is 9.98. The topological polar surface area (TPSA) is 113 Å². The summed E-state index contributed by atoms with van der Waals surface area (Å²) in [5.41, 5.74) is -0.397. The van der Waals surface area contributed by atoms with Crippen LogP contribution >= 0.6 is 0 Å². The minimum atomic E-state index is -1.44. The molecule has 0 radical (unpaired) electrons. The lowest BCUT2D eigenvalue weighted by Crippen LogP contribution is -2.40. The van der Waals surface area contributed by atoms with Crippen LogP contribution in [0, 0.1) is 16.4 Å². The van der Waals surface area contributed by atoms with Gasteiger partial charge >= 0.3 is 0 Å². The van der Waals surface area contributed by atoms with Crippen molar-refractivity contribution < 1.29 is 28.2 Å². The number of hydrogen-bond acceptors (Lipinski definition) is 7. The van der Waals surface area contributed by atoms with Gasteiger partial charge in [-0.2, -0.15) is 0 Å². The molecule has 10 heteroatoms. The molecule has 194 valence electrons. The molecule has 1 aliphatic carbocycles. The van der Waals surface area contributed by atoms with Gasteiger partial charge in [0, 0.05) is 29.0 Å². The number of nitrogens with one attached hydrogen (secondary N) is 1. The van der Waals surface area contributed by atoms with Crippen LogP contribution in [0.1, 0.15) is 12.8 Å². The van der Waals surface area contributed by atoms with Crippen molar-refractivity contribution in [2.24, 2.45) is 5.41 Å². The molecule has 1 saturated carbocycles. The Kier molecular flexibility index (Phi) is 6.56. The molecule has 9 nitrogen and oxygen atoms in total. The van der Waals surface area contributed by atoms with Gasteiger partial charge in [0.15, 0.2) is 11.5 Å². The predicted molar refractivity (Wildman–Crippen MR) is 139 cm³/mol. The number of nitrogens with zero attached hydrogens (tertiary/aromatic N) is 2.